The molecule has 1 aromatic heterocycles. The smallest absolute Gasteiger partial charge is 0.263 e. The fourth-order valence-electron chi connectivity index (χ4n) is 3.34. The van der Waals surface area contributed by atoms with E-state index in [2.05, 4.69) is 5.10 Å². The van der Waals surface area contributed by atoms with Crippen molar-refractivity contribution in [3.8, 4) is 5.75 Å². The molecule has 0 N–H and O–H groups in total. The molecule has 1 aromatic carbocycles. The van der Waals surface area contributed by atoms with Gasteiger partial charge in [-0.25, -0.2) is 0 Å². The summed E-state index contributed by atoms with van der Waals surface area (Å²) in [6.07, 6.45) is 1.32. The van der Waals surface area contributed by atoms with Gasteiger partial charge in [0, 0.05) is 19.2 Å². The Kier molecular flexibility index (Phi) is 4.81. The summed E-state index contributed by atoms with van der Waals surface area (Å²) in [5.41, 5.74) is 1.83. The van der Waals surface area contributed by atoms with E-state index < -0.39 is 6.10 Å². The van der Waals surface area contributed by atoms with Gasteiger partial charge in [-0.3, -0.25) is 9.48 Å². The SMILES string of the molecule is Cc1nn(C)c(Cl)c1C1CCCN1C(=O)C(C)Oc1ccccc1. The van der Waals surface area contributed by atoms with Gasteiger partial charge in [-0.15, -0.1) is 0 Å². The Morgan fingerprint density at radius 3 is 2.71 bits per heavy atom. The normalized spacial score (nSPS) is 18.7. The van der Waals surface area contributed by atoms with Gasteiger partial charge in [-0.05, 0) is 38.8 Å². The summed E-state index contributed by atoms with van der Waals surface area (Å²) in [5, 5.41) is 4.98. The van der Waals surface area contributed by atoms with E-state index in [1.165, 1.54) is 0 Å². The van der Waals surface area contributed by atoms with Crippen molar-refractivity contribution in [2.45, 2.75) is 38.8 Å². The number of rotatable bonds is 4. The molecule has 2 unspecified atom stereocenters. The Bertz CT molecular complexity index is 729. The number of hydrogen-bond acceptors (Lipinski definition) is 3. The third-order valence-electron chi connectivity index (χ3n) is 4.47. The van der Waals surface area contributed by atoms with E-state index in [1.807, 2.05) is 49.2 Å². The van der Waals surface area contributed by atoms with E-state index in [0.29, 0.717) is 10.9 Å². The van der Waals surface area contributed by atoms with Crippen molar-refractivity contribution in [1.29, 1.82) is 0 Å². The van der Waals surface area contributed by atoms with Gasteiger partial charge in [-0.1, -0.05) is 29.8 Å². The summed E-state index contributed by atoms with van der Waals surface area (Å²) in [5.74, 6) is 0.686. The zero-order valence-electron chi connectivity index (χ0n) is 14.2. The molecule has 1 aliphatic heterocycles. The fraction of sp³-hybridized carbons (Fsp3) is 0.444. The number of carbonyl (C=O) groups excluding carboxylic acids is 1. The predicted octanol–water partition coefficient (Wildman–Crippen LogP) is 3.51. The minimum Gasteiger partial charge on any atom is -0.481 e. The Balaban J connectivity index is 1.78. The van der Waals surface area contributed by atoms with Crippen molar-refractivity contribution in [2.75, 3.05) is 6.54 Å². The highest BCUT2D eigenvalue weighted by Gasteiger charge is 2.36. The third kappa shape index (κ3) is 3.13. The van der Waals surface area contributed by atoms with E-state index in [1.54, 1.807) is 11.6 Å². The average molecular weight is 348 g/mol. The van der Waals surface area contributed by atoms with Crippen LogP contribution in [0.2, 0.25) is 5.15 Å². The van der Waals surface area contributed by atoms with Gasteiger partial charge in [-0.2, -0.15) is 5.10 Å². The number of amides is 1. The monoisotopic (exact) mass is 347 g/mol. The molecule has 0 saturated carbocycles. The van der Waals surface area contributed by atoms with Gasteiger partial charge >= 0.3 is 0 Å². The van der Waals surface area contributed by atoms with Gasteiger partial charge in [0.15, 0.2) is 6.10 Å². The Morgan fingerprint density at radius 1 is 1.38 bits per heavy atom. The minimum absolute atomic E-state index is 0.0133. The van der Waals surface area contributed by atoms with E-state index in [0.717, 1.165) is 30.6 Å². The maximum atomic E-state index is 12.9. The molecular formula is C18H22ClN3O2. The van der Waals surface area contributed by atoms with Gasteiger partial charge in [0.05, 0.1) is 11.7 Å². The summed E-state index contributed by atoms with van der Waals surface area (Å²) < 4.78 is 7.46. The number of aryl methyl sites for hydroxylation is 2. The second-order valence-electron chi connectivity index (χ2n) is 6.18. The molecule has 24 heavy (non-hydrogen) atoms. The predicted molar refractivity (Wildman–Crippen MR) is 93.2 cm³/mol. The number of nitrogens with zero attached hydrogens (tertiary/aromatic N) is 3. The molecule has 0 bridgehead atoms. The fourth-order valence-corrected chi connectivity index (χ4v) is 3.64. The van der Waals surface area contributed by atoms with Crippen LogP contribution in [0.4, 0.5) is 0 Å². The first-order valence-corrected chi connectivity index (χ1v) is 8.58. The first-order chi connectivity index (χ1) is 11.5. The number of hydrogen-bond donors (Lipinski definition) is 0. The van der Waals surface area contributed by atoms with Gasteiger partial charge < -0.3 is 9.64 Å². The highest BCUT2D eigenvalue weighted by Crippen LogP contribution is 2.38. The lowest BCUT2D eigenvalue weighted by molar-refractivity contribution is -0.138. The number of carbonyl (C=O) groups is 1. The second-order valence-corrected chi connectivity index (χ2v) is 6.53. The van der Waals surface area contributed by atoms with Crippen molar-refractivity contribution in [3.63, 3.8) is 0 Å². The van der Waals surface area contributed by atoms with Crippen LogP contribution in [0.3, 0.4) is 0 Å². The summed E-state index contributed by atoms with van der Waals surface area (Å²) in [4.78, 5) is 14.8. The molecule has 1 aliphatic rings. The zero-order chi connectivity index (χ0) is 17.3. The summed E-state index contributed by atoms with van der Waals surface area (Å²) in [6, 6.07) is 9.39. The highest BCUT2D eigenvalue weighted by molar-refractivity contribution is 6.30. The van der Waals surface area contributed by atoms with Crippen molar-refractivity contribution >= 4 is 17.5 Å². The van der Waals surface area contributed by atoms with Crippen LogP contribution in [0.25, 0.3) is 0 Å². The van der Waals surface area contributed by atoms with Crippen molar-refractivity contribution in [1.82, 2.24) is 14.7 Å². The third-order valence-corrected chi connectivity index (χ3v) is 4.92. The second kappa shape index (κ2) is 6.85. The molecule has 2 atom stereocenters. The van der Waals surface area contributed by atoms with Crippen molar-refractivity contribution in [2.24, 2.45) is 7.05 Å². The van der Waals surface area contributed by atoms with Crippen LogP contribution in [0.15, 0.2) is 30.3 Å². The summed E-state index contributed by atoms with van der Waals surface area (Å²) in [6.45, 7) is 4.45. The first kappa shape index (κ1) is 16.8. The van der Waals surface area contributed by atoms with Crippen molar-refractivity contribution in [3.05, 3.63) is 46.7 Å². The molecule has 2 heterocycles. The molecule has 2 aromatic rings. The maximum absolute atomic E-state index is 12.9. The van der Waals surface area contributed by atoms with E-state index in [-0.39, 0.29) is 11.9 Å². The Labute approximate surface area is 147 Å². The van der Waals surface area contributed by atoms with E-state index in [9.17, 15) is 4.79 Å². The number of likely N-dealkylation sites (tertiary alicyclic amines) is 1. The van der Waals surface area contributed by atoms with Crippen LogP contribution in [-0.2, 0) is 11.8 Å². The summed E-state index contributed by atoms with van der Waals surface area (Å²) >= 11 is 6.40. The average Bonchev–Trinajstić information content (AvgIpc) is 3.12. The molecule has 0 radical (unpaired) electrons. The zero-order valence-corrected chi connectivity index (χ0v) is 15.0. The molecule has 1 fully saturated rings. The lowest BCUT2D eigenvalue weighted by Gasteiger charge is -2.28. The molecule has 1 amide bonds. The van der Waals surface area contributed by atoms with Gasteiger partial charge in [0.2, 0.25) is 0 Å². The number of benzene rings is 1. The largest absolute Gasteiger partial charge is 0.481 e. The molecule has 3 rings (SSSR count). The molecular weight excluding hydrogens is 326 g/mol. The lowest BCUT2D eigenvalue weighted by atomic mass is 10.1. The maximum Gasteiger partial charge on any atom is 0.263 e. The Morgan fingerprint density at radius 2 is 2.08 bits per heavy atom. The van der Waals surface area contributed by atoms with Crippen molar-refractivity contribution < 1.29 is 9.53 Å². The number of ether oxygens (including phenoxy) is 1. The van der Waals surface area contributed by atoms with Crippen LogP contribution >= 0.6 is 11.6 Å². The van der Waals surface area contributed by atoms with Crippen LogP contribution in [0, 0.1) is 6.92 Å². The standard InChI is InChI=1S/C18H22ClN3O2/c1-12-16(17(19)21(3)20-12)15-10-7-11-22(15)18(23)13(2)24-14-8-5-4-6-9-14/h4-6,8-9,13,15H,7,10-11H2,1-3H3. The molecule has 6 heteroatoms. The first-order valence-electron chi connectivity index (χ1n) is 8.20. The van der Waals surface area contributed by atoms with E-state index in [4.69, 9.17) is 16.3 Å². The quantitative estimate of drug-likeness (QED) is 0.850. The molecule has 1 saturated heterocycles. The van der Waals surface area contributed by atoms with Gasteiger partial charge in [0.25, 0.3) is 5.91 Å². The highest BCUT2D eigenvalue weighted by atomic mass is 35.5. The molecule has 0 spiro atoms. The van der Waals surface area contributed by atoms with Gasteiger partial charge in [0.1, 0.15) is 10.9 Å². The lowest BCUT2D eigenvalue weighted by Crippen LogP contribution is -2.40. The minimum atomic E-state index is -0.538. The van der Waals surface area contributed by atoms with Crippen LogP contribution < -0.4 is 4.74 Å². The Hall–Kier alpha value is -2.01. The molecule has 128 valence electrons. The number of halogens is 1. The molecule has 5 nitrogen and oxygen atoms in total. The van der Waals surface area contributed by atoms with Crippen LogP contribution in [0.5, 0.6) is 5.75 Å². The number of aromatic nitrogens is 2. The van der Waals surface area contributed by atoms with Crippen LogP contribution in [0.1, 0.15) is 37.1 Å². The molecule has 0 aliphatic carbocycles. The van der Waals surface area contributed by atoms with Crippen LogP contribution in [-0.4, -0.2) is 33.2 Å². The summed E-state index contributed by atoms with van der Waals surface area (Å²) in [7, 11) is 1.82. The topological polar surface area (TPSA) is 47.4 Å². The van der Waals surface area contributed by atoms with E-state index >= 15 is 0 Å². The number of para-hydroxylation sites is 1.